The van der Waals surface area contributed by atoms with E-state index in [0.717, 1.165) is 39.8 Å². The van der Waals surface area contributed by atoms with Crippen molar-refractivity contribution in [3.8, 4) is 0 Å². The summed E-state index contributed by atoms with van der Waals surface area (Å²) < 4.78 is 29.7. The second-order valence-corrected chi connectivity index (χ2v) is 14.0. The maximum absolute atomic E-state index is 14.6. The molecule has 2 atom stereocenters. The van der Waals surface area contributed by atoms with Crippen molar-refractivity contribution in [1.82, 2.24) is 10.2 Å². The number of nitrogens with zero attached hydrogens (tertiary/aromatic N) is 2. The molecule has 4 aromatic carbocycles. The molecule has 0 bridgehead atoms. The fraction of sp³-hybridized carbons (Fsp3) is 0.316. The van der Waals surface area contributed by atoms with E-state index in [-0.39, 0.29) is 29.8 Å². The zero-order valence-electron chi connectivity index (χ0n) is 27.7. The molecule has 0 aromatic heterocycles. The van der Waals surface area contributed by atoms with Crippen LogP contribution in [0.1, 0.15) is 53.6 Å². The topological polar surface area (TPSA) is 86.8 Å². The quantitative estimate of drug-likeness (QED) is 0.177. The van der Waals surface area contributed by atoms with Crippen LogP contribution in [0.3, 0.4) is 0 Å². The average Bonchev–Trinajstić information content (AvgIpc) is 3.03. The Morgan fingerprint density at radius 3 is 2.07 bits per heavy atom. The van der Waals surface area contributed by atoms with Gasteiger partial charge >= 0.3 is 0 Å². The minimum atomic E-state index is -4.15. The summed E-state index contributed by atoms with van der Waals surface area (Å²) in [6.45, 7) is 11.3. The van der Waals surface area contributed by atoms with Crippen molar-refractivity contribution in [3.05, 3.63) is 130 Å². The molecule has 0 spiro atoms. The lowest BCUT2D eigenvalue weighted by molar-refractivity contribution is -0.140. The smallest absolute Gasteiger partial charge is 0.264 e. The van der Waals surface area contributed by atoms with Crippen LogP contribution in [0, 0.1) is 27.7 Å². The third kappa shape index (κ3) is 8.63. The molecular weight excluding hydrogens is 595 g/mol. The first kappa shape index (κ1) is 34.4. The Morgan fingerprint density at radius 1 is 0.761 bits per heavy atom. The van der Waals surface area contributed by atoms with E-state index in [0.29, 0.717) is 5.69 Å². The number of sulfonamides is 1. The van der Waals surface area contributed by atoms with Crippen LogP contribution in [0.15, 0.2) is 102 Å². The van der Waals surface area contributed by atoms with Crippen molar-refractivity contribution in [2.75, 3.05) is 10.8 Å². The zero-order valence-corrected chi connectivity index (χ0v) is 28.5. The van der Waals surface area contributed by atoms with Gasteiger partial charge in [0, 0.05) is 19.0 Å². The lowest BCUT2D eigenvalue weighted by atomic mass is 10.0. The molecule has 0 aliphatic heterocycles. The van der Waals surface area contributed by atoms with Gasteiger partial charge in [-0.1, -0.05) is 90.8 Å². The van der Waals surface area contributed by atoms with Crippen LogP contribution >= 0.6 is 0 Å². The molecule has 1 N–H and O–H groups in total. The maximum Gasteiger partial charge on any atom is 0.264 e. The van der Waals surface area contributed by atoms with Gasteiger partial charge in [-0.3, -0.25) is 13.9 Å². The Hall–Kier alpha value is -4.43. The third-order valence-electron chi connectivity index (χ3n) is 8.37. The summed E-state index contributed by atoms with van der Waals surface area (Å²) in [7, 11) is -4.15. The van der Waals surface area contributed by atoms with Crippen LogP contribution in [0.5, 0.6) is 0 Å². The van der Waals surface area contributed by atoms with Crippen molar-refractivity contribution in [2.24, 2.45) is 0 Å². The summed E-state index contributed by atoms with van der Waals surface area (Å²) in [6, 6.07) is 28.4. The molecule has 0 saturated carbocycles. The monoisotopic (exact) mass is 639 g/mol. The molecule has 0 saturated heterocycles. The number of nitrogens with one attached hydrogen (secondary N) is 1. The molecule has 8 heteroatoms. The highest BCUT2D eigenvalue weighted by Crippen LogP contribution is 2.27. The van der Waals surface area contributed by atoms with Crippen LogP contribution < -0.4 is 9.62 Å². The Morgan fingerprint density at radius 2 is 1.43 bits per heavy atom. The predicted molar refractivity (Wildman–Crippen MR) is 185 cm³/mol. The SMILES string of the molecule is CC[C@@H](C)NC(=O)[C@@H](Cc1ccccc1)N(Cc1cccc(C)c1)C(=O)CN(c1ccc(C)c(C)c1)S(=O)(=O)c1ccc(C)cc1. The number of anilines is 1. The van der Waals surface area contributed by atoms with Gasteiger partial charge in [0.05, 0.1) is 10.6 Å². The molecule has 2 amide bonds. The third-order valence-corrected chi connectivity index (χ3v) is 10.2. The number of carbonyl (C=O) groups excluding carboxylic acids is 2. The van der Waals surface area contributed by atoms with Crippen molar-refractivity contribution in [1.29, 1.82) is 0 Å². The summed E-state index contributed by atoms with van der Waals surface area (Å²) in [5, 5.41) is 3.08. The first-order valence-electron chi connectivity index (χ1n) is 15.7. The van der Waals surface area contributed by atoms with Gasteiger partial charge < -0.3 is 10.2 Å². The molecule has 0 unspecified atom stereocenters. The Balaban J connectivity index is 1.83. The van der Waals surface area contributed by atoms with Gasteiger partial charge in [0.1, 0.15) is 12.6 Å². The molecule has 0 heterocycles. The summed E-state index contributed by atoms with van der Waals surface area (Å²) in [4.78, 5) is 30.2. The van der Waals surface area contributed by atoms with Gasteiger partial charge in [0.25, 0.3) is 10.0 Å². The fourth-order valence-electron chi connectivity index (χ4n) is 5.25. The van der Waals surface area contributed by atoms with E-state index in [1.807, 2.05) is 102 Å². The van der Waals surface area contributed by atoms with Gasteiger partial charge in [-0.25, -0.2) is 8.42 Å². The number of benzene rings is 4. The summed E-state index contributed by atoms with van der Waals surface area (Å²) in [5.74, 6) is -0.756. The summed E-state index contributed by atoms with van der Waals surface area (Å²) >= 11 is 0. The lowest BCUT2D eigenvalue weighted by Gasteiger charge is -2.34. The van der Waals surface area contributed by atoms with E-state index in [1.54, 1.807) is 36.4 Å². The van der Waals surface area contributed by atoms with Gasteiger partial charge in [0.15, 0.2) is 0 Å². The molecule has 0 aliphatic rings. The summed E-state index contributed by atoms with van der Waals surface area (Å²) in [5.41, 5.74) is 5.99. The molecule has 0 fully saturated rings. The van der Waals surface area contributed by atoms with E-state index in [2.05, 4.69) is 5.32 Å². The number of amides is 2. The number of rotatable bonds is 13. The number of aryl methyl sites for hydroxylation is 4. The molecule has 242 valence electrons. The highest BCUT2D eigenvalue weighted by atomic mass is 32.2. The van der Waals surface area contributed by atoms with Gasteiger partial charge in [-0.15, -0.1) is 0 Å². The van der Waals surface area contributed by atoms with Crippen molar-refractivity contribution in [2.45, 2.75) is 77.9 Å². The number of carbonyl (C=O) groups is 2. The first-order chi connectivity index (χ1) is 21.9. The first-order valence-corrected chi connectivity index (χ1v) is 17.2. The average molecular weight is 640 g/mol. The predicted octanol–water partition coefficient (Wildman–Crippen LogP) is 6.67. The number of hydrogen-bond donors (Lipinski definition) is 1. The van der Waals surface area contributed by atoms with Crippen LogP contribution in [0.2, 0.25) is 0 Å². The Kier molecular flexibility index (Phi) is 11.4. The normalized spacial score (nSPS) is 12.7. The minimum absolute atomic E-state index is 0.0877. The van der Waals surface area contributed by atoms with Crippen molar-refractivity contribution in [3.63, 3.8) is 0 Å². The fourth-order valence-corrected chi connectivity index (χ4v) is 6.66. The molecular formula is C38H45N3O4S. The van der Waals surface area contributed by atoms with E-state index < -0.39 is 28.5 Å². The van der Waals surface area contributed by atoms with Crippen LogP contribution in [-0.2, 0) is 32.6 Å². The highest BCUT2D eigenvalue weighted by Gasteiger charge is 2.35. The minimum Gasteiger partial charge on any atom is -0.352 e. The van der Waals surface area contributed by atoms with E-state index in [9.17, 15) is 18.0 Å². The van der Waals surface area contributed by atoms with Gasteiger partial charge in [-0.2, -0.15) is 0 Å². The van der Waals surface area contributed by atoms with Gasteiger partial charge in [-0.05, 0) is 87.6 Å². The van der Waals surface area contributed by atoms with E-state index in [1.165, 1.54) is 9.21 Å². The standard InChI is InChI=1S/C38H45N3O4S/c1-7-31(6)39-38(43)36(24-32-13-9-8-10-14-32)40(25-33-15-11-12-28(3)22-33)37(42)26-41(34-19-18-29(4)30(5)23-34)46(44,45)35-20-16-27(2)17-21-35/h8-23,31,36H,7,24-26H2,1-6H3,(H,39,43)/t31-,36-/m1/s1. The van der Waals surface area contributed by atoms with Crippen LogP contribution in [-0.4, -0.2) is 43.8 Å². The lowest BCUT2D eigenvalue weighted by Crippen LogP contribution is -2.54. The van der Waals surface area contributed by atoms with E-state index >= 15 is 0 Å². The maximum atomic E-state index is 14.6. The molecule has 7 nitrogen and oxygen atoms in total. The molecule has 0 radical (unpaired) electrons. The molecule has 46 heavy (non-hydrogen) atoms. The van der Waals surface area contributed by atoms with Crippen molar-refractivity contribution >= 4 is 27.5 Å². The van der Waals surface area contributed by atoms with Gasteiger partial charge in [0.2, 0.25) is 11.8 Å². The Bertz CT molecular complexity index is 1750. The van der Waals surface area contributed by atoms with Crippen LogP contribution in [0.25, 0.3) is 0 Å². The zero-order chi connectivity index (χ0) is 33.4. The second kappa shape index (κ2) is 15.2. The van der Waals surface area contributed by atoms with E-state index in [4.69, 9.17) is 0 Å². The summed E-state index contributed by atoms with van der Waals surface area (Å²) in [6.07, 6.45) is 1.000. The molecule has 4 rings (SSSR count). The Labute approximate surface area is 274 Å². The largest absolute Gasteiger partial charge is 0.352 e. The molecule has 4 aromatic rings. The molecule has 0 aliphatic carbocycles. The van der Waals surface area contributed by atoms with Crippen molar-refractivity contribution < 1.29 is 18.0 Å². The second-order valence-electron chi connectivity index (χ2n) is 12.1. The number of hydrogen-bond acceptors (Lipinski definition) is 4. The van der Waals surface area contributed by atoms with Crippen LogP contribution in [0.4, 0.5) is 5.69 Å². The highest BCUT2D eigenvalue weighted by molar-refractivity contribution is 7.92.